The highest BCUT2D eigenvalue weighted by Gasteiger charge is 2.31. The van der Waals surface area contributed by atoms with Gasteiger partial charge in [-0.3, -0.25) is 14.4 Å². The number of carbonyl (C=O) groups is 4. The fraction of sp³-hybridized carbons (Fsp3) is 0.545. The van der Waals surface area contributed by atoms with Crippen molar-refractivity contribution in [3.63, 3.8) is 0 Å². The number of ether oxygens (including phenoxy) is 2. The van der Waals surface area contributed by atoms with Crippen molar-refractivity contribution in [3.05, 3.63) is 29.3 Å². The molecule has 0 bridgehead atoms. The molecule has 1 saturated heterocycles. The quantitative estimate of drug-likeness (QED) is 0.553. The Hall–Kier alpha value is -2.90. The minimum Gasteiger partial charge on any atom is -0.457 e. The predicted octanol–water partition coefficient (Wildman–Crippen LogP) is 2.58. The number of fused-ring (bicyclic) bond motifs is 1. The lowest BCUT2D eigenvalue weighted by atomic mass is 9.97. The molecule has 2 heterocycles. The van der Waals surface area contributed by atoms with Crippen molar-refractivity contribution in [2.45, 2.75) is 45.6 Å². The summed E-state index contributed by atoms with van der Waals surface area (Å²) in [6.07, 6.45) is 0.826. The second-order valence-corrected chi connectivity index (χ2v) is 8.75. The number of amides is 2. The summed E-state index contributed by atoms with van der Waals surface area (Å²) in [4.78, 5) is 51.8. The first-order valence-corrected chi connectivity index (χ1v) is 10.1. The van der Waals surface area contributed by atoms with Crippen LogP contribution in [0.5, 0.6) is 0 Å². The van der Waals surface area contributed by atoms with E-state index in [1.165, 1.54) is 0 Å². The lowest BCUT2D eigenvalue weighted by molar-refractivity contribution is -0.149. The maximum atomic E-state index is 12.4. The van der Waals surface area contributed by atoms with Gasteiger partial charge in [-0.05, 0) is 57.4 Å². The van der Waals surface area contributed by atoms with Crippen LogP contribution >= 0.6 is 0 Å². The molecule has 0 N–H and O–H groups in total. The minimum atomic E-state index is -0.562. The molecule has 8 nitrogen and oxygen atoms in total. The molecule has 0 radical (unpaired) electrons. The van der Waals surface area contributed by atoms with E-state index in [1.807, 2.05) is 20.8 Å². The van der Waals surface area contributed by atoms with Crippen molar-refractivity contribution in [2.24, 2.45) is 5.92 Å². The van der Waals surface area contributed by atoms with Gasteiger partial charge in [-0.25, -0.2) is 4.79 Å². The molecule has 2 aliphatic heterocycles. The second-order valence-electron chi connectivity index (χ2n) is 8.75. The molecule has 2 amide bonds. The van der Waals surface area contributed by atoms with Crippen molar-refractivity contribution in [1.82, 2.24) is 4.90 Å². The van der Waals surface area contributed by atoms with Crippen LogP contribution in [0.3, 0.4) is 0 Å². The van der Waals surface area contributed by atoms with E-state index in [-0.39, 0.29) is 36.7 Å². The molecule has 162 valence electrons. The monoisotopic (exact) mass is 416 g/mol. The van der Waals surface area contributed by atoms with Gasteiger partial charge in [-0.15, -0.1) is 0 Å². The lowest BCUT2D eigenvalue weighted by Gasteiger charge is -2.32. The third-order valence-corrected chi connectivity index (χ3v) is 5.30. The molecule has 0 aliphatic carbocycles. The summed E-state index contributed by atoms with van der Waals surface area (Å²) in [5.41, 5.74) is 1.46. The maximum Gasteiger partial charge on any atom is 0.410 e. The largest absolute Gasteiger partial charge is 0.457 e. The Bertz CT molecular complexity index is 865. The number of carbonyl (C=O) groups excluding carboxylic acids is 4. The lowest BCUT2D eigenvalue weighted by Crippen LogP contribution is -2.43. The Morgan fingerprint density at radius 2 is 1.80 bits per heavy atom. The van der Waals surface area contributed by atoms with Gasteiger partial charge in [0.25, 0.3) is 0 Å². The summed E-state index contributed by atoms with van der Waals surface area (Å²) in [5.74, 6) is -1.09. The van der Waals surface area contributed by atoms with Crippen LogP contribution in [0.25, 0.3) is 0 Å². The molecule has 1 aromatic carbocycles. The summed E-state index contributed by atoms with van der Waals surface area (Å²) >= 11 is 0. The van der Waals surface area contributed by atoms with Crippen LogP contribution < -0.4 is 4.90 Å². The summed E-state index contributed by atoms with van der Waals surface area (Å²) in [5, 5.41) is 0. The second kappa shape index (κ2) is 8.45. The summed E-state index contributed by atoms with van der Waals surface area (Å²) in [6.45, 7) is 5.91. The van der Waals surface area contributed by atoms with E-state index in [1.54, 1.807) is 35.0 Å². The molecule has 0 aromatic heterocycles. The van der Waals surface area contributed by atoms with Gasteiger partial charge in [0.2, 0.25) is 5.91 Å². The Kier molecular flexibility index (Phi) is 6.14. The first-order valence-electron chi connectivity index (χ1n) is 10.1. The number of piperidine rings is 1. The number of likely N-dealkylation sites (tertiary alicyclic amines) is 1. The third kappa shape index (κ3) is 4.98. The predicted molar refractivity (Wildman–Crippen MR) is 109 cm³/mol. The fourth-order valence-electron chi connectivity index (χ4n) is 3.61. The van der Waals surface area contributed by atoms with Gasteiger partial charge in [0, 0.05) is 31.4 Å². The van der Waals surface area contributed by atoms with Gasteiger partial charge in [0.1, 0.15) is 5.60 Å². The van der Waals surface area contributed by atoms with E-state index in [0.29, 0.717) is 31.5 Å². The Morgan fingerprint density at radius 3 is 2.43 bits per heavy atom. The highest BCUT2D eigenvalue weighted by atomic mass is 16.6. The first kappa shape index (κ1) is 21.8. The number of esters is 1. The number of hydrogen-bond acceptors (Lipinski definition) is 6. The highest BCUT2D eigenvalue weighted by Crippen LogP contribution is 2.28. The van der Waals surface area contributed by atoms with E-state index in [9.17, 15) is 19.2 Å². The fourth-order valence-corrected chi connectivity index (χ4v) is 3.61. The minimum absolute atomic E-state index is 0.0150. The van der Waals surface area contributed by atoms with Crippen molar-refractivity contribution in [2.75, 3.05) is 31.6 Å². The van der Waals surface area contributed by atoms with Crippen LogP contribution in [-0.2, 0) is 25.5 Å². The zero-order valence-corrected chi connectivity index (χ0v) is 17.9. The van der Waals surface area contributed by atoms with Crippen LogP contribution in [0.2, 0.25) is 0 Å². The van der Waals surface area contributed by atoms with Gasteiger partial charge < -0.3 is 19.3 Å². The molecular weight excluding hydrogens is 388 g/mol. The summed E-state index contributed by atoms with van der Waals surface area (Å²) < 4.78 is 10.6. The van der Waals surface area contributed by atoms with E-state index >= 15 is 0 Å². The van der Waals surface area contributed by atoms with Crippen LogP contribution in [0.4, 0.5) is 10.5 Å². The molecule has 0 saturated carbocycles. The molecule has 0 unspecified atom stereocenters. The van der Waals surface area contributed by atoms with Crippen LogP contribution in [0.1, 0.15) is 49.5 Å². The standard InChI is InChI=1S/C22H28N2O6/c1-22(2,3)30-21(28)24-9-7-14(8-10-24)20(27)29-13-18(25)15-5-6-17-16(11-15)12-19(26)23(17)4/h5-6,11,14H,7-10,12-13H2,1-4H3. The Labute approximate surface area is 176 Å². The molecule has 2 aliphatic rings. The van der Waals surface area contributed by atoms with Gasteiger partial charge >= 0.3 is 12.1 Å². The molecular formula is C22H28N2O6. The first-order chi connectivity index (χ1) is 14.0. The van der Waals surface area contributed by atoms with Crippen molar-refractivity contribution < 1.29 is 28.7 Å². The van der Waals surface area contributed by atoms with E-state index in [0.717, 1.165) is 11.3 Å². The number of rotatable bonds is 4. The summed E-state index contributed by atoms with van der Waals surface area (Å²) in [6, 6.07) is 5.07. The van der Waals surface area contributed by atoms with Crippen molar-refractivity contribution in [3.8, 4) is 0 Å². The van der Waals surface area contributed by atoms with Gasteiger partial charge in [0.15, 0.2) is 12.4 Å². The topological polar surface area (TPSA) is 93.2 Å². The average molecular weight is 416 g/mol. The molecule has 8 heteroatoms. The number of ketones is 1. The number of anilines is 1. The Balaban J connectivity index is 1.47. The third-order valence-electron chi connectivity index (χ3n) is 5.30. The van der Waals surface area contributed by atoms with Crippen LogP contribution in [0.15, 0.2) is 18.2 Å². The SMILES string of the molecule is CN1C(=O)Cc2cc(C(=O)COC(=O)C3CCN(C(=O)OC(C)(C)C)CC3)ccc21. The number of likely N-dealkylation sites (N-methyl/N-ethyl adjacent to an activating group) is 1. The zero-order valence-electron chi connectivity index (χ0n) is 17.9. The van der Waals surface area contributed by atoms with E-state index in [2.05, 4.69) is 0 Å². The summed E-state index contributed by atoms with van der Waals surface area (Å²) in [7, 11) is 1.70. The van der Waals surface area contributed by atoms with E-state index < -0.39 is 11.6 Å². The molecule has 30 heavy (non-hydrogen) atoms. The van der Waals surface area contributed by atoms with Gasteiger partial charge in [-0.2, -0.15) is 0 Å². The van der Waals surface area contributed by atoms with Gasteiger partial charge in [-0.1, -0.05) is 0 Å². The number of benzene rings is 1. The number of nitrogens with zero attached hydrogens (tertiary/aromatic N) is 2. The molecule has 0 spiro atoms. The van der Waals surface area contributed by atoms with E-state index in [4.69, 9.17) is 9.47 Å². The molecule has 1 fully saturated rings. The zero-order chi connectivity index (χ0) is 22.1. The highest BCUT2D eigenvalue weighted by molar-refractivity contribution is 6.04. The Morgan fingerprint density at radius 1 is 1.13 bits per heavy atom. The van der Waals surface area contributed by atoms with Crippen molar-refractivity contribution in [1.29, 1.82) is 0 Å². The number of hydrogen-bond donors (Lipinski definition) is 0. The number of Topliss-reactive ketones (excluding diaryl/α,β-unsaturated/α-hetero) is 1. The smallest absolute Gasteiger partial charge is 0.410 e. The average Bonchev–Trinajstić information content (AvgIpc) is 2.98. The maximum absolute atomic E-state index is 12.4. The van der Waals surface area contributed by atoms with Crippen LogP contribution in [-0.4, -0.2) is 61.0 Å². The molecule has 0 atom stereocenters. The molecule has 3 rings (SSSR count). The molecule has 1 aromatic rings. The van der Waals surface area contributed by atoms with Crippen LogP contribution in [0, 0.1) is 5.92 Å². The van der Waals surface area contributed by atoms with Crippen molar-refractivity contribution >= 4 is 29.4 Å². The van der Waals surface area contributed by atoms with Gasteiger partial charge in [0.05, 0.1) is 12.3 Å². The normalized spacial score (nSPS) is 17.0.